The van der Waals surface area contributed by atoms with E-state index in [-0.39, 0.29) is 0 Å². The van der Waals surface area contributed by atoms with Crippen LogP contribution >= 0.6 is 0 Å². The van der Waals surface area contributed by atoms with Gasteiger partial charge in [-0.2, -0.15) is 0 Å². The van der Waals surface area contributed by atoms with Crippen molar-refractivity contribution in [2.45, 2.75) is 37.8 Å². The van der Waals surface area contributed by atoms with Crippen LogP contribution in [0.5, 0.6) is 5.75 Å². The fourth-order valence-electron chi connectivity index (χ4n) is 3.18. The van der Waals surface area contributed by atoms with Crippen LogP contribution in [0.3, 0.4) is 0 Å². The Labute approximate surface area is 138 Å². The Morgan fingerprint density at radius 3 is 2.30 bits per heavy atom. The van der Waals surface area contributed by atoms with Crippen molar-refractivity contribution in [3.05, 3.63) is 54.6 Å². The summed E-state index contributed by atoms with van der Waals surface area (Å²) in [6.45, 7) is 1.08. The third-order valence-electron chi connectivity index (χ3n) is 4.55. The molecule has 0 saturated heterocycles. The summed E-state index contributed by atoms with van der Waals surface area (Å²) in [7, 11) is 0. The van der Waals surface area contributed by atoms with Gasteiger partial charge in [0.15, 0.2) is 0 Å². The van der Waals surface area contributed by atoms with Crippen LogP contribution in [0, 0.1) is 0 Å². The molecule has 2 aromatic carbocycles. The molecule has 3 N–H and O–H groups in total. The van der Waals surface area contributed by atoms with E-state index >= 15 is 0 Å². The molecule has 3 heteroatoms. The average Bonchev–Trinajstić information content (AvgIpc) is 3.13. The molecular weight excluding hydrogens is 286 g/mol. The van der Waals surface area contributed by atoms with Crippen LogP contribution in [-0.2, 0) is 0 Å². The molecule has 3 rings (SSSR count). The van der Waals surface area contributed by atoms with Crippen molar-refractivity contribution in [3.63, 3.8) is 0 Å². The van der Waals surface area contributed by atoms with Gasteiger partial charge in [0.1, 0.15) is 25.0 Å². The number of hydrogen-bond donors (Lipinski definition) is 2. The van der Waals surface area contributed by atoms with E-state index in [9.17, 15) is 5.11 Å². The molecule has 1 fully saturated rings. The molecule has 122 valence electrons. The fraction of sp³-hybridized carbons (Fsp3) is 0.400. The van der Waals surface area contributed by atoms with Crippen LogP contribution < -0.4 is 10.1 Å². The summed E-state index contributed by atoms with van der Waals surface area (Å²) >= 11 is 0. The summed E-state index contributed by atoms with van der Waals surface area (Å²) in [5, 5.41) is 12.3. The highest BCUT2D eigenvalue weighted by molar-refractivity contribution is 5.63. The normalized spacial score (nSPS) is 16.4. The molecule has 2 aromatic rings. The first-order valence-electron chi connectivity index (χ1n) is 8.61. The third kappa shape index (κ3) is 4.81. The molecule has 0 spiro atoms. The van der Waals surface area contributed by atoms with Gasteiger partial charge in [0, 0.05) is 0 Å². The lowest BCUT2D eigenvalue weighted by Crippen LogP contribution is -2.91. The van der Waals surface area contributed by atoms with Crippen LogP contribution in [0.2, 0.25) is 0 Å². The van der Waals surface area contributed by atoms with Crippen LogP contribution in [0.1, 0.15) is 25.7 Å². The monoisotopic (exact) mass is 312 g/mol. The second-order valence-corrected chi connectivity index (χ2v) is 6.37. The SMILES string of the molecule is O[C@@H](C[NH2+]C1CCCC1)COc1ccc(-c2ccccc2)cc1. The van der Waals surface area contributed by atoms with Crippen molar-refractivity contribution < 1.29 is 15.2 Å². The van der Waals surface area contributed by atoms with Gasteiger partial charge < -0.3 is 15.2 Å². The van der Waals surface area contributed by atoms with E-state index < -0.39 is 6.10 Å². The summed E-state index contributed by atoms with van der Waals surface area (Å²) < 4.78 is 5.70. The highest BCUT2D eigenvalue weighted by Gasteiger charge is 2.19. The lowest BCUT2D eigenvalue weighted by Gasteiger charge is -2.14. The van der Waals surface area contributed by atoms with E-state index in [2.05, 4.69) is 29.6 Å². The molecule has 1 atom stereocenters. The van der Waals surface area contributed by atoms with Gasteiger partial charge in [-0.1, -0.05) is 42.5 Å². The van der Waals surface area contributed by atoms with Gasteiger partial charge in [0.25, 0.3) is 0 Å². The molecule has 0 heterocycles. The van der Waals surface area contributed by atoms with Crippen molar-refractivity contribution in [2.24, 2.45) is 0 Å². The highest BCUT2D eigenvalue weighted by atomic mass is 16.5. The number of aliphatic hydroxyl groups is 1. The van der Waals surface area contributed by atoms with Gasteiger partial charge in [0.05, 0.1) is 6.04 Å². The first-order chi connectivity index (χ1) is 11.3. The lowest BCUT2D eigenvalue weighted by molar-refractivity contribution is -0.693. The minimum absolute atomic E-state index is 0.355. The Bertz CT molecular complexity index is 576. The van der Waals surface area contributed by atoms with E-state index in [1.54, 1.807) is 0 Å². The van der Waals surface area contributed by atoms with Gasteiger partial charge in [-0.15, -0.1) is 0 Å². The van der Waals surface area contributed by atoms with E-state index in [4.69, 9.17) is 4.74 Å². The lowest BCUT2D eigenvalue weighted by atomic mass is 10.1. The molecule has 1 aliphatic rings. The molecule has 0 amide bonds. The zero-order valence-electron chi connectivity index (χ0n) is 13.5. The van der Waals surface area contributed by atoms with E-state index in [1.807, 2.05) is 30.3 Å². The quantitative estimate of drug-likeness (QED) is 0.825. The summed E-state index contributed by atoms with van der Waals surface area (Å²) in [5.74, 6) is 0.810. The topological polar surface area (TPSA) is 46.1 Å². The molecule has 23 heavy (non-hydrogen) atoms. The third-order valence-corrected chi connectivity index (χ3v) is 4.55. The Morgan fingerprint density at radius 2 is 1.61 bits per heavy atom. The Balaban J connectivity index is 1.44. The summed E-state index contributed by atoms with van der Waals surface area (Å²) in [5.41, 5.74) is 2.37. The molecule has 3 nitrogen and oxygen atoms in total. The predicted octanol–water partition coefficient (Wildman–Crippen LogP) is 2.60. The van der Waals surface area contributed by atoms with Crippen LogP contribution in [-0.4, -0.2) is 30.4 Å². The van der Waals surface area contributed by atoms with E-state index in [0.717, 1.165) is 12.3 Å². The average molecular weight is 312 g/mol. The van der Waals surface area contributed by atoms with Crippen LogP contribution in [0.4, 0.5) is 0 Å². The van der Waals surface area contributed by atoms with Crippen molar-refractivity contribution in [3.8, 4) is 16.9 Å². The molecule has 1 saturated carbocycles. The Morgan fingerprint density at radius 1 is 0.957 bits per heavy atom. The number of aliphatic hydroxyl groups excluding tert-OH is 1. The Kier molecular flexibility index (Phi) is 5.67. The highest BCUT2D eigenvalue weighted by Crippen LogP contribution is 2.22. The van der Waals surface area contributed by atoms with Crippen LogP contribution in [0.15, 0.2) is 54.6 Å². The zero-order valence-corrected chi connectivity index (χ0v) is 13.5. The number of hydrogen-bond acceptors (Lipinski definition) is 2. The first kappa shape index (κ1) is 16.0. The number of ether oxygens (including phenoxy) is 1. The van der Waals surface area contributed by atoms with Crippen molar-refractivity contribution >= 4 is 0 Å². The van der Waals surface area contributed by atoms with Gasteiger partial charge in [0.2, 0.25) is 0 Å². The summed E-state index contributed by atoms with van der Waals surface area (Å²) in [4.78, 5) is 0. The number of rotatable bonds is 7. The van der Waals surface area contributed by atoms with Crippen molar-refractivity contribution in [1.82, 2.24) is 0 Å². The maximum Gasteiger partial charge on any atom is 0.137 e. The van der Waals surface area contributed by atoms with Gasteiger partial charge in [-0.3, -0.25) is 0 Å². The van der Waals surface area contributed by atoms with E-state index in [0.29, 0.717) is 12.6 Å². The molecule has 0 unspecified atom stereocenters. The number of quaternary nitrogens is 1. The molecule has 0 aromatic heterocycles. The largest absolute Gasteiger partial charge is 0.491 e. The summed E-state index contributed by atoms with van der Waals surface area (Å²) in [6.07, 6.45) is 4.83. The van der Waals surface area contributed by atoms with Gasteiger partial charge in [-0.05, 0) is 48.9 Å². The first-order valence-corrected chi connectivity index (χ1v) is 8.61. The maximum absolute atomic E-state index is 10.0. The zero-order chi connectivity index (χ0) is 15.9. The standard InChI is InChI=1S/C20H25NO2/c22-19(14-21-18-8-4-5-9-18)15-23-20-12-10-17(11-13-20)16-6-2-1-3-7-16/h1-3,6-7,10-13,18-19,21-22H,4-5,8-9,14-15H2/p+1/t19-/m0/s1. The van der Waals surface area contributed by atoms with Gasteiger partial charge >= 0.3 is 0 Å². The number of benzene rings is 2. The molecule has 1 aliphatic carbocycles. The molecular formula is C20H26NO2+. The molecule has 0 aliphatic heterocycles. The predicted molar refractivity (Wildman–Crippen MR) is 92.4 cm³/mol. The summed E-state index contributed by atoms with van der Waals surface area (Å²) in [6, 6.07) is 19.0. The minimum Gasteiger partial charge on any atom is -0.491 e. The van der Waals surface area contributed by atoms with E-state index in [1.165, 1.54) is 36.8 Å². The maximum atomic E-state index is 10.0. The van der Waals surface area contributed by atoms with Crippen LogP contribution in [0.25, 0.3) is 11.1 Å². The van der Waals surface area contributed by atoms with Crippen molar-refractivity contribution in [1.29, 1.82) is 0 Å². The minimum atomic E-state index is -0.413. The second-order valence-electron chi connectivity index (χ2n) is 6.37. The Hall–Kier alpha value is -1.84. The molecule has 0 bridgehead atoms. The van der Waals surface area contributed by atoms with Gasteiger partial charge in [-0.25, -0.2) is 0 Å². The number of nitrogens with two attached hydrogens (primary N) is 1. The smallest absolute Gasteiger partial charge is 0.137 e. The second kappa shape index (κ2) is 8.14. The molecule has 0 radical (unpaired) electrons. The fourth-order valence-corrected chi connectivity index (χ4v) is 3.18. The van der Waals surface area contributed by atoms with Crippen molar-refractivity contribution in [2.75, 3.05) is 13.2 Å².